The number of hydrogen-bond acceptors (Lipinski definition) is 5. The van der Waals surface area contributed by atoms with Crippen molar-refractivity contribution in [3.8, 4) is 0 Å². The van der Waals surface area contributed by atoms with E-state index in [1.807, 2.05) is 0 Å². The van der Waals surface area contributed by atoms with E-state index in [1.54, 1.807) is 0 Å². The summed E-state index contributed by atoms with van der Waals surface area (Å²) in [6.45, 7) is 2.97. The molecule has 22 heavy (non-hydrogen) atoms. The first-order valence-corrected chi connectivity index (χ1v) is 7.85. The smallest absolute Gasteiger partial charge is 0.329 e. The van der Waals surface area contributed by atoms with Crippen molar-refractivity contribution in [2.45, 2.75) is 32.4 Å². The number of aromatic amines is 1. The Morgan fingerprint density at radius 3 is 2.86 bits per heavy atom. The van der Waals surface area contributed by atoms with Gasteiger partial charge in [0, 0.05) is 13.7 Å². The highest BCUT2D eigenvalue weighted by Crippen LogP contribution is 2.16. The fourth-order valence-corrected chi connectivity index (χ4v) is 2.59. The molecule has 2 rings (SSSR count). The monoisotopic (exact) mass is 374 g/mol. The number of fused-ring (bicyclic) bond motifs is 1. The van der Waals surface area contributed by atoms with E-state index in [4.69, 9.17) is 4.74 Å². The highest BCUT2D eigenvalue weighted by atomic mass is 79.9. The van der Waals surface area contributed by atoms with Gasteiger partial charge in [-0.3, -0.25) is 14.3 Å². The van der Waals surface area contributed by atoms with Crippen molar-refractivity contribution in [3.05, 3.63) is 25.6 Å². The normalized spacial score (nSPS) is 12.9. The molecule has 9 heteroatoms. The molecule has 0 aromatic carbocycles. The van der Waals surface area contributed by atoms with E-state index in [1.165, 1.54) is 16.2 Å². The van der Waals surface area contributed by atoms with Crippen molar-refractivity contribution >= 4 is 27.1 Å². The quantitative estimate of drug-likeness (QED) is 0.538. The fraction of sp³-hybridized carbons (Fsp3) is 0.615. The third-order valence-corrected chi connectivity index (χ3v) is 3.91. The molecule has 0 amide bonds. The van der Waals surface area contributed by atoms with Crippen LogP contribution in [0.2, 0.25) is 0 Å². The Balaban J connectivity index is 2.25. The van der Waals surface area contributed by atoms with E-state index >= 15 is 0 Å². The number of aromatic nitrogens is 4. The first-order chi connectivity index (χ1) is 10.5. The molecular weight excluding hydrogens is 356 g/mol. The highest BCUT2D eigenvalue weighted by molar-refractivity contribution is 9.10. The lowest BCUT2D eigenvalue weighted by molar-refractivity contribution is 0.0273. The number of halogens is 1. The summed E-state index contributed by atoms with van der Waals surface area (Å²) in [5, 5.41) is 10.0. The minimum Gasteiger partial charge on any atom is -0.389 e. The molecule has 0 aliphatic rings. The Labute approximate surface area is 134 Å². The van der Waals surface area contributed by atoms with Crippen LogP contribution < -0.4 is 11.2 Å². The van der Waals surface area contributed by atoms with Crippen LogP contribution in [0, 0.1) is 0 Å². The predicted molar refractivity (Wildman–Crippen MR) is 85.0 cm³/mol. The van der Waals surface area contributed by atoms with Gasteiger partial charge in [0.2, 0.25) is 0 Å². The van der Waals surface area contributed by atoms with Gasteiger partial charge in [0.25, 0.3) is 5.56 Å². The topological polar surface area (TPSA) is 102 Å². The molecular formula is C13H19BrN4O4. The Bertz CT molecular complexity index is 764. The number of H-pyrrole nitrogens is 1. The zero-order chi connectivity index (χ0) is 16.3. The molecule has 2 aromatic heterocycles. The standard InChI is InChI=1S/C13H19BrN4O4/c1-3-4-5-22-7-8(19)6-18-9-10(15-12(18)14)17(2)13(21)16-11(9)20/h8,19H,3-7H2,1-2H3,(H,16,20,21). The van der Waals surface area contributed by atoms with Gasteiger partial charge >= 0.3 is 5.69 Å². The number of rotatable bonds is 7. The Morgan fingerprint density at radius 2 is 2.18 bits per heavy atom. The first kappa shape index (κ1) is 16.9. The summed E-state index contributed by atoms with van der Waals surface area (Å²) in [4.78, 5) is 30.0. The first-order valence-electron chi connectivity index (χ1n) is 7.06. The molecule has 2 N–H and O–H groups in total. The van der Waals surface area contributed by atoms with E-state index in [0.29, 0.717) is 11.3 Å². The van der Waals surface area contributed by atoms with Gasteiger partial charge in [0.1, 0.15) is 0 Å². The average molecular weight is 375 g/mol. The molecule has 0 bridgehead atoms. The summed E-state index contributed by atoms with van der Waals surface area (Å²) in [7, 11) is 1.52. The molecule has 2 heterocycles. The summed E-state index contributed by atoms with van der Waals surface area (Å²) in [6, 6.07) is 0. The number of hydrogen-bond donors (Lipinski definition) is 2. The molecule has 0 radical (unpaired) electrons. The molecule has 0 saturated carbocycles. The van der Waals surface area contributed by atoms with Crippen molar-refractivity contribution < 1.29 is 9.84 Å². The van der Waals surface area contributed by atoms with Gasteiger partial charge in [-0.15, -0.1) is 0 Å². The van der Waals surface area contributed by atoms with Crippen LogP contribution in [-0.2, 0) is 18.3 Å². The molecule has 8 nitrogen and oxygen atoms in total. The van der Waals surface area contributed by atoms with Gasteiger partial charge in [-0.25, -0.2) is 9.78 Å². The second-order valence-corrected chi connectivity index (χ2v) is 5.77. The van der Waals surface area contributed by atoms with Gasteiger partial charge < -0.3 is 14.4 Å². The number of nitrogens with one attached hydrogen (secondary N) is 1. The zero-order valence-corrected chi connectivity index (χ0v) is 14.1. The zero-order valence-electron chi connectivity index (χ0n) is 12.5. The van der Waals surface area contributed by atoms with Gasteiger partial charge in [-0.1, -0.05) is 13.3 Å². The van der Waals surface area contributed by atoms with Gasteiger partial charge in [0.15, 0.2) is 15.9 Å². The van der Waals surface area contributed by atoms with Crippen LogP contribution in [0.4, 0.5) is 0 Å². The number of ether oxygens (including phenoxy) is 1. The third-order valence-electron chi connectivity index (χ3n) is 3.31. The highest BCUT2D eigenvalue weighted by Gasteiger charge is 2.18. The number of unbranched alkanes of at least 4 members (excludes halogenated alkanes) is 1. The van der Waals surface area contributed by atoms with Crippen molar-refractivity contribution in [1.82, 2.24) is 19.1 Å². The summed E-state index contributed by atoms with van der Waals surface area (Å²) >= 11 is 3.26. The van der Waals surface area contributed by atoms with Crippen molar-refractivity contribution in [1.29, 1.82) is 0 Å². The lowest BCUT2D eigenvalue weighted by atomic mass is 10.3. The van der Waals surface area contributed by atoms with Crippen LogP contribution in [-0.4, -0.2) is 43.5 Å². The Kier molecular flexibility index (Phi) is 5.54. The molecule has 0 spiro atoms. The van der Waals surface area contributed by atoms with Crippen molar-refractivity contribution in [3.63, 3.8) is 0 Å². The lowest BCUT2D eigenvalue weighted by Gasteiger charge is -2.13. The fourth-order valence-electron chi connectivity index (χ4n) is 2.10. The predicted octanol–water partition coefficient (Wildman–Crippen LogP) is 0.363. The molecule has 0 aliphatic carbocycles. The van der Waals surface area contributed by atoms with E-state index in [-0.39, 0.29) is 24.3 Å². The number of imidazole rings is 1. The van der Waals surface area contributed by atoms with Gasteiger partial charge in [-0.05, 0) is 22.4 Å². The minimum atomic E-state index is -0.776. The number of nitrogens with zero attached hydrogens (tertiary/aromatic N) is 3. The molecule has 0 saturated heterocycles. The van der Waals surface area contributed by atoms with E-state index in [9.17, 15) is 14.7 Å². The molecule has 2 aromatic rings. The molecule has 1 atom stereocenters. The summed E-state index contributed by atoms with van der Waals surface area (Å²) < 4.78 is 8.53. The second-order valence-electron chi connectivity index (χ2n) is 5.06. The minimum absolute atomic E-state index is 0.143. The average Bonchev–Trinajstić information content (AvgIpc) is 2.79. The van der Waals surface area contributed by atoms with E-state index < -0.39 is 17.4 Å². The SMILES string of the molecule is CCCCOCC(O)Cn1c(Br)nc2c1c(=O)[nH]c(=O)n2C. The third kappa shape index (κ3) is 3.47. The van der Waals surface area contributed by atoms with Gasteiger partial charge in [-0.2, -0.15) is 0 Å². The van der Waals surface area contributed by atoms with Crippen molar-refractivity contribution in [2.24, 2.45) is 7.05 Å². The number of aryl methyl sites for hydroxylation is 1. The maximum absolute atomic E-state index is 12.0. The Hall–Kier alpha value is -1.45. The van der Waals surface area contributed by atoms with Crippen molar-refractivity contribution in [2.75, 3.05) is 13.2 Å². The number of aliphatic hydroxyl groups is 1. The lowest BCUT2D eigenvalue weighted by Crippen LogP contribution is -2.30. The largest absolute Gasteiger partial charge is 0.389 e. The summed E-state index contributed by atoms with van der Waals surface area (Å²) in [5.41, 5.74) is -0.560. The molecule has 122 valence electrons. The summed E-state index contributed by atoms with van der Waals surface area (Å²) in [6.07, 6.45) is 1.19. The van der Waals surface area contributed by atoms with Crippen LogP contribution in [0.1, 0.15) is 19.8 Å². The maximum atomic E-state index is 12.0. The van der Waals surface area contributed by atoms with E-state index in [2.05, 4.69) is 32.8 Å². The van der Waals surface area contributed by atoms with Crippen LogP contribution >= 0.6 is 15.9 Å². The number of aliphatic hydroxyl groups excluding tert-OH is 1. The van der Waals surface area contributed by atoms with E-state index in [0.717, 1.165) is 12.8 Å². The van der Waals surface area contributed by atoms with Crippen LogP contribution in [0.3, 0.4) is 0 Å². The molecule has 0 aliphatic heterocycles. The van der Waals surface area contributed by atoms with Gasteiger partial charge in [0.05, 0.1) is 19.3 Å². The van der Waals surface area contributed by atoms with Crippen LogP contribution in [0.25, 0.3) is 11.2 Å². The molecule has 1 unspecified atom stereocenters. The molecule has 0 fully saturated rings. The summed E-state index contributed by atoms with van der Waals surface area (Å²) in [5.74, 6) is 0. The van der Waals surface area contributed by atoms with Crippen LogP contribution in [0.15, 0.2) is 14.3 Å². The second kappa shape index (κ2) is 7.21. The van der Waals surface area contributed by atoms with Crippen LogP contribution in [0.5, 0.6) is 0 Å². The maximum Gasteiger partial charge on any atom is 0.329 e. The Morgan fingerprint density at radius 1 is 1.45 bits per heavy atom.